The lowest BCUT2D eigenvalue weighted by atomic mass is 9.56. The van der Waals surface area contributed by atoms with Gasteiger partial charge in [0.1, 0.15) is 0 Å². The molecule has 0 radical (unpaired) electrons. The van der Waals surface area contributed by atoms with Crippen LogP contribution >= 0.6 is 7.92 Å². The standard InChI is InChI=1S/C16H27P/c1-2-4-6-17(5-3-1)16-10-13-7-14(11-16)9-15(8-13)12-16/h13-15H,1-12H2. The second-order valence-corrected chi connectivity index (χ2v) is 10.5. The van der Waals surface area contributed by atoms with Crippen molar-refractivity contribution in [3.8, 4) is 0 Å². The molecule has 0 nitrogen and oxygen atoms in total. The predicted molar refractivity (Wildman–Crippen MR) is 76.0 cm³/mol. The lowest BCUT2D eigenvalue weighted by molar-refractivity contribution is 0.0355. The summed E-state index contributed by atoms with van der Waals surface area (Å²) in [6, 6.07) is 0. The van der Waals surface area contributed by atoms with Crippen LogP contribution in [-0.2, 0) is 0 Å². The normalized spacial score (nSPS) is 50.5. The highest BCUT2D eigenvalue weighted by molar-refractivity contribution is 7.59. The highest BCUT2D eigenvalue weighted by Gasteiger charge is 2.53. The molecule has 5 fully saturated rings. The lowest BCUT2D eigenvalue weighted by Gasteiger charge is -2.59. The molecule has 0 amide bonds. The highest BCUT2D eigenvalue weighted by Crippen LogP contribution is 2.69. The second kappa shape index (κ2) is 4.22. The van der Waals surface area contributed by atoms with E-state index < -0.39 is 0 Å². The Labute approximate surface area is 108 Å². The number of hydrogen-bond donors (Lipinski definition) is 0. The van der Waals surface area contributed by atoms with Crippen molar-refractivity contribution >= 4 is 7.92 Å². The molecule has 96 valence electrons. The van der Waals surface area contributed by atoms with Crippen molar-refractivity contribution in [2.75, 3.05) is 12.3 Å². The summed E-state index contributed by atoms with van der Waals surface area (Å²) >= 11 is 0. The van der Waals surface area contributed by atoms with E-state index in [1.807, 2.05) is 0 Å². The maximum atomic E-state index is 1.67. The fourth-order valence-electron chi connectivity index (χ4n) is 6.00. The van der Waals surface area contributed by atoms with Crippen molar-refractivity contribution in [1.29, 1.82) is 0 Å². The van der Waals surface area contributed by atoms with E-state index in [0.717, 1.165) is 5.16 Å². The summed E-state index contributed by atoms with van der Waals surface area (Å²) in [4.78, 5) is 0. The van der Waals surface area contributed by atoms with E-state index in [0.29, 0.717) is 7.92 Å². The molecule has 0 spiro atoms. The summed E-state index contributed by atoms with van der Waals surface area (Å²) < 4.78 is 0. The van der Waals surface area contributed by atoms with Gasteiger partial charge >= 0.3 is 0 Å². The Hall–Kier alpha value is 0.430. The minimum Gasteiger partial charge on any atom is -0.100 e. The van der Waals surface area contributed by atoms with Crippen molar-refractivity contribution < 1.29 is 0 Å². The van der Waals surface area contributed by atoms with E-state index in [1.54, 1.807) is 76.5 Å². The van der Waals surface area contributed by atoms with Crippen LogP contribution in [0.25, 0.3) is 0 Å². The minimum absolute atomic E-state index is 0.428. The smallest absolute Gasteiger partial charge is 0.00865 e. The van der Waals surface area contributed by atoms with E-state index in [-0.39, 0.29) is 0 Å². The summed E-state index contributed by atoms with van der Waals surface area (Å²) in [6.07, 6.45) is 19.5. The zero-order valence-corrected chi connectivity index (χ0v) is 12.1. The molecule has 0 N–H and O–H groups in total. The Morgan fingerprint density at radius 1 is 0.647 bits per heavy atom. The van der Waals surface area contributed by atoms with Crippen LogP contribution in [0.4, 0.5) is 0 Å². The van der Waals surface area contributed by atoms with Gasteiger partial charge in [-0.2, -0.15) is 0 Å². The van der Waals surface area contributed by atoms with Gasteiger partial charge in [-0.3, -0.25) is 0 Å². The monoisotopic (exact) mass is 250 g/mol. The Morgan fingerprint density at radius 3 is 1.59 bits per heavy atom. The van der Waals surface area contributed by atoms with E-state index in [2.05, 4.69) is 0 Å². The molecule has 1 saturated heterocycles. The maximum Gasteiger partial charge on any atom is -0.00865 e. The van der Waals surface area contributed by atoms with Crippen LogP contribution in [0.1, 0.15) is 64.2 Å². The molecule has 1 aliphatic heterocycles. The molecule has 0 unspecified atom stereocenters. The predicted octanol–water partition coefficient (Wildman–Crippen LogP) is 5.01. The maximum absolute atomic E-state index is 1.67. The van der Waals surface area contributed by atoms with E-state index in [4.69, 9.17) is 0 Å². The first kappa shape index (κ1) is 11.3. The van der Waals surface area contributed by atoms with Crippen LogP contribution in [0.15, 0.2) is 0 Å². The third-order valence-corrected chi connectivity index (χ3v) is 9.88. The van der Waals surface area contributed by atoms with Gasteiger partial charge in [0.15, 0.2) is 0 Å². The first-order chi connectivity index (χ1) is 8.34. The molecular formula is C16H27P. The van der Waals surface area contributed by atoms with Crippen LogP contribution in [0.5, 0.6) is 0 Å². The second-order valence-electron chi connectivity index (χ2n) is 7.54. The van der Waals surface area contributed by atoms with Crippen LogP contribution in [0, 0.1) is 17.8 Å². The van der Waals surface area contributed by atoms with Gasteiger partial charge in [0.2, 0.25) is 0 Å². The van der Waals surface area contributed by atoms with Crippen molar-refractivity contribution in [3.63, 3.8) is 0 Å². The van der Waals surface area contributed by atoms with Gasteiger partial charge in [0.25, 0.3) is 0 Å². The van der Waals surface area contributed by atoms with Crippen molar-refractivity contribution in [2.45, 2.75) is 69.4 Å². The molecule has 0 aromatic heterocycles. The Balaban J connectivity index is 1.58. The fraction of sp³-hybridized carbons (Fsp3) is 1.00. The molecular weight excluding hydrogens is 223 g/mol. The average molecular weight is 250 g/mol. The third-order valence-electron chi connectivity index (χ3n) is 6.28. The summed E-state index contributed by atoms with van der Waals surface area (Å²) in [5.74, 6) is 3.52. The minimum atomic E-state index is 0.428. The van der Waals surface area contributed by atoms with Gasteiger partial charge < -0.3 is 0 Å². The van der Waals surface area contributed by atoms with Crippen LogP contribution in [0.3, 0.4) is 0 Å². The van der Waals surface area contributed by atoms with E-state index >= 15 is 0 Å². The van der Waals surface area contributed by atoms with Gasteiger partial charge in [-0.05, 0) is 86.6 Å². The first-order valence-electron chi connectivity index (χ1n) is 8.09. The summed E-state index contributed by atoms with van der Waals surface area (Å²) in [5.41, 5.74) is 0. The van der Waals surface area contributed by atoms with Crippen molar-refractivity contribution in [1.82, 2.24) is 0 Å². The van der Waals surface area contributed by atoms with Crippen LogP contribution in [0.2, 0.25) is 0 Å². The Bertz CT molecular complexity index is 253. The third kappa shape index (κ3) is 1.90. The molecule has 0 aromatic rings. The molecule has 4 aliphatic carbocycles. The van der Waals surface area contributed by atoms with Crippen molar-refractivity contribution in [3.05, 3.63) is 0 Å². The highest BCUT2D eigenvalue weighted by atomic mass is 31.1. The van der Waals surface area contributed by atoms with Crippen LogP contribution < -0.4 is 0 Å². The van der Waals surface area contributed by atoms with Crippen LogP contribution in [-0.4, -0.2) is 17.5 Å². The summed E-state index contributed by atoms with van der Waals surface area (Å²) in [7, 11) is 0.428. The fourth-order valence-corrected chi connectivity index (χ4v) is 9.93. The summed E-state index contributed by atoms with van der Waals surface area (Å²) in [5, 5.41) is 0.925. The van der Waals surface area contributed by atoms with E-state index in [1.165, 1.54) is 17.8 Å². The molecule has 0 atom stereocenters. The van der Waals surface area contributed by atoms with Gasteiger partial charge in [-0.15, -0.1) is 7.92 Å². The lowest BCUT2D eigenvalue weighted by Crippen LogP contribution is -2.49. The average Bonchev–Trinajstić information content (AvgIpc) is 2.55. The van der Waals surface area contributed by atoms with E-state index in [9.17, 15) is 0 Å². The molecule has 17 heavy (non-hydrogen) atoms. The topological polar surface area (TPSA) is 0 Å². The number of hydrogen-bond acceptors (Lipinski definition) is 0. The van der Waals surface area contributed by atoms with Gasteiger partial charge in [-0.1, -0.05) is 12.8 Å². The Morgan fingerprint density at radius 2 is 1.12 bits per heavy atom. The van der Waals surface area contributed by atoms with Crippen molar-refractivity contribution in [2.24, 2.45) is 17.8 Å². The molecule has 5 rings (SSSR count). The zero-order chi connectivity index (χ0) is 11.3. The largest absolute Gasteiger partial charge is 0.100 e. The first-order valence-corrected chi connectivity index (χ1v) is 9.80. The number of rotatable bonds is 1. The van der Waals surface area contributed by atoms with Gasteiger partial charge in [0.05, 0.1) is 0 Å². The molecule has 4 bridgehead atoms. The SMILES string of the molecule is C1CCCP(C23CC4CC(CC(C4)C2)C3)CC1. The Kier molecular flexibility index (Phi) is 2.80. The van der Waals surface area contributed by atoms with Gasteiger partial charge in [-0.25, -0.2) is 0 Å². The van der Waals surface area contributed by atoms with Gasteiger partial charge in [0, 0.05) is 0 Å². The quantitative estimate of drug-likeness (QED) is 0.574. The zero-order valence-electron chi connectivity index (χ0n) is 11.2. The summed E-state index contributed by atoms with van der Waals surface area (Å²) in [6.45, 7) is 0. The molecule has 5 aliphatic rings. The molecule has 0 aromatic carbocycles. The molecule has 1 heterocycles. The molecule has 1 heteroatoms. The molecule has 4 saturated carbocycles.